The molecular weight excluding hydrogens is 312 g/mol. The first-order chi connectivity index (χ1) is 11.1. The van der Waals surface area contributed by atoms with Crippen molar-refractivity contribution in [2.75, 3.05) is 26.7 Å². The van der Waals surface area contributed by atoms with Gasteiger partial charge in [0, 0.05) is 11.6 Å². The van der Waals surface area contributed by atoms with Crippen LogP contribution in [0.15, 0.2) is 24.3 Å². The van der Waals surface area contributed by atoms with E-state index in [1.807, 2.05) is 6.92 Å². The average molecular weight is 339 g/mol. The first-order valence-electron chi connectivity index (χ1n) is 8.47. The Hall–Kier alpha value is -1.26. The van der Waals surface area contributed by atoms with Gasteiger partial charge in [-0.1, -0.05) is 18.5 Å². The van der Waals surface area contributed by atoms with Crippen molar-refractivity contribution in [1.82, 2.24) is 10.2 Å². The Labute approximate surface area is 144 Å². The molecule has 0 spiro atoms. The molecule has 1 atom stereocenters. The molecule has 1 aromatic rings. The zero-order valence-electron chi connectivity index (χ0n) is 14.1. The highest BCUT2D eigenvalue weighted by molar-refractivity contribution is 6.30. The molecule has 0 aromatic heterocycles. The van der Waals surface area contributed by atoms with Crippen molar-refractivity contribution in [3.8, 4) is 5.75 Å². The summed E-state index contributed by atoms with van der Waals surface area (Å²) in [5.41, 5.74) is 0. The lowest BCUT2D eigenvalue weighted by Gasteiger charge is -2.29. The summed E-state index contributed by atoms with van der Waals surface area (Å²) in [6.45, 7) is 5.01. The fourth-order valence-electron chi connectivity index (χ4n) is 2.86. The lowest BCUT2D eigenvalue weighted by molar-refractivity contribution is -0.128. The monoisotopic (exact) mass is 338 g/mol. The number of hydrogen-bond acceptors (Lipinski definition) is 3. The highest BCUT2D eigenvalue weighted by Crippen LogP contribution is 2.19. The maximum absolute atomic E-state index is 12.3. The zero-order valence-corrected chi connectivity index (χ0v) is 14.8. The predicted octanol–water partition coefficient (Wildman–Crippen LogP) is 3.35. The van der Waals surface area contributed by atoms with Crippen LogP contribution in [0.1, 0.15) is 32.6 Å². The molecule has 1 amide bonds. The number of likely N-dealkylation sites (tertiary alicyclic amines) is 1. The second-order valence-corrected chi connectivity index (χ2v) is 6.73. The second kappa shape index (κ2) is 9.14. The standard InChI is InChI=1S/C18H27ClN2O2/c1-3-17(23-16-6-4-15(19)5-7-16)18(22)20-11-8-14-9-12-21(2)13-10-14/h4-7,14,17H,3,8-13H2,1-2H3,(H,20,22). The van der Waals surface area contributed by atoms with Gasteiger partial charge in [0.25, 0.3) is 5.91 Å². The van der Waals surface area contributed by atoms with E-state index >= 15 is 0 Å². The maximum atomic E-state index is 12.3. The number of carbonyl (C=O) groups is 1. The van der Waals surface area contributed by atoms with Crippen LogP contribution >= 0.6 is 11.6 Å². The third kappa shape index (κ3) is 6.04. The van der Waals surface area contributed by atoms with E-state index in [0.29, 0.717) is 17.2 Å². The number of rotatable bonds is 7. The molecule has 0 aliphatic carbocycles. The first kappa shape index (κ1) is 18.1. The molecule has 1 N–H and O–H groups in total. The molecule has 1 aliphatic rings. The first-order valence-corrected chi connectivity index (χ1v) is 8.84. The number of ether oxygens (including phenoxy) is 1. The topological polar surface area (TPSA) is 41.6 Å². The number of carbonyl (C=O) groups excluding carboxylic acids is 1. The van der Waals surface area contributed by atoms with Crippen LogP contribution in [-0.2, 0) is 4.79 Å². The number of halogens is 1. The maximum Gasteiger partial charge on any atom is 0.261 e. The van der Waals surface area contributed by atoms with E-state index in [1.165, 1.54) is 12.8 Å². The van der Waals surface area contributed by atoms with Crippen LogP contribution in [0.3, 0.4) is 0 Å². The molecule has 4 nitrogen and oxygen atoms in total. The van der Waals surface area contributed by atoms with E-state index < -0.39 is 6.10 Å². The van der Waals surface area contributed by atoms with Gasteiger partial charge in [-0.25, -0.2) is 0 Å². The van der Waals surface area contributed by atoms with Crippen molar-refractivity contribution in [3.05, 3.63) is 29.3 Å². The van der Waals surface area contributed by atoms with Crippen molar-refractivity contribution in [3.63, 3.8) is 0 Å². The molecule has 1 aromatic carbocycles. The molecule has 1 heterocycles. The van der Waals surface area contributed by atoms with E-state index in [0.717, 1.165) is 32.0 Å². The highest BCUT2D eigenvalue weighted by atomic mass is 35.5. The minimum Gasteiger partial charge on any atom is -0.481 e. The van der Waals surface area contributed by atoms with Gasteiger partial charge in [-0.15, -0.1) is 0 Å². The number of piperidine rings is 1. The van der Waals surface area contributed by atoms with Gasteiger partial charge in [0.1, 0.15) is 5.75 Å². The SMILES string of the molecule is CCC(Oc1ccc(Cl)cc1)C(=O)NCCC1CCN(C)CC1. The quantitative estimate of drug-likeness (QED) is 0.829. The van der Waals surface area contributed by atoms with E-state index in [1.54, 1.807) is 24.3 Å². The van der Waals surface area contributed by atoms with Crippen molar-refractivity contribution in [1.29, 1.82) is 0 Å². The molecule has 23 heavy (non-hydrogen) atoms. The van der Waals surface area contributed by atoms with Crippen LogP contribution < -0.4 is 10.1 Å². The summed E-state index contributed by atoms with van der Waals surface area (Å²) in [6.07, 6.45) is 3.70. The Kier molecular flexibility index (Phi) is 7.18. The zero-order chi connectivity index (χ0) is 16.7. The molecule has 1 fully saturated rings. The van der Waals surface area contributed by atoms with Gasteiger partial charge in [0.2, 0.25) is 0 Å². The van der Waals surface area contributed by atoms with Gasteiger partial charge in [-0.2, -0.15) is 0 Å². The van der Waals surface area contributed by atoms with Crippen LogP contribution in [0, 0.1) is 5.92 Å². The third-order valence-corrected chi connectivity index (χ3v) is 4.70. The largest absolute Gasteiger partial charge is 0.481 e. The molecule has 0 radical (unpaired) electrons. The fourth-order valence-corrected chi connectivity index (χ4v) is 2.99. The number of nitrogens with zero attached hydrogens (tertiary/aromatic N) is 1. The summed E-state index contributed by atoms with van der Waals surface area (Å²) < 4.78 is 5.76. The number of benzene rings is 1. The summed E-state index contributed by atoms with van der Waals surface area (Å²) >= 11 is 5.86. The van der Waals surface area contributed by atoms with Crippen LogP contribution in [0.4, 0.5) is 0 Å². The Morgan fingerprint density at radius 2 is 2.00 bits per heavy atom. The summed E-state index contributed by atoms with van der Waals surface area (Å²) in [5.74, 6) is 1.37. The Morgan fingerprint density at radius 1 is 1.35 bits per heavy atom. The van der Waals surface area contributed by atoms with Gasteiger partial charge in [0.05, 0.1) is 0 Å². The summed E-state index contributed by atoms with van der Waals surface area (Å²) in [4.78, 5) is 14.6. The van der Waals surface area contributed by atoms with Gasteiger partial charge in [-0.3, -0.25) is 4.79 Å². The number of amides is 1. The Balaban J connectivity index is 1.73. The van der Waals surface area contributed by atoms with E-state index in [4.69, 9.17) is 16.3 Å². The summed E-state index contributed by atoms with van der Waals surface area (Å²) in [6, 6.07) is 7.11. The molecule has 1 aliphatic heterocycles. The minimum absolute atomic E-state index is 0.0321. The van der Waals surface area contributed by atoms with Gasteiger partial charge in [-0.05, 0) is 76.0 Å². The van der Waals surface area contributed by atoms with E-state index in [2.05, 4.69) is 17.3 Å². The molecular formula is C18H27ClN2O2. The lowest BCUT2D eigenvalue weighted by Crippen LogP contribution is -2.39. The predicted molar refractivity (Wildman–Crippen MR) is 94.0 cm³/mol. The second-order valence-electron chi connectivity index (χ2n) is 6.30. The van der Waals surface area contributed by atoms with Crippen LogP contribution in [0.25, 0.3) is 0 Å². The van der Waals surface area contributed by atoms with Crippen molar-refractivity contribution >= 4 is 17.5 Å². The highest BCUT2D eigenvalue weighted by Gasteiger charge is 2.20. The molecule has 1 unspecified atom stereocenters. The summed E-state index contributed by atoms with van der Waals surface area (Å²) in [7, 11) is 2.16. The minimum atomic E-state index is -0.450. The molecule has 0 bridgehead atoms. The van der Waals surface area contributed by atoms with Crippen molar-refractivity contribution in [2.45, 2.75) is 38.7 Å². The smallest absolute Gasteiger partial charge is 0.261 e. The molecule has 1 saturated heterocycles. The third-order valence-electron chi connectivity index (χ3n) is 4.45. The average Bonchev–Trinajstić information content (AvgIpc) is 2.56. The molecule has 5 heteroatoms. The van der Waals surface area contributed by atoms with E-state index in [9.17, 15) is 4.79 Å². The number of hydrogen-bond donors (Lipinski definition) is 1. The Morgan fingerprint density at radius 3 is 2.61 bits per heavy atom. The molecule has 128 valence electrons. The Bertz CT molecular complexity index is 484. The lowest BCUT2D eigenvalue weighted by atomic mass is 9.94. The van der Waals surface area contributed by atoms with Gasteiger partial charge >= 0.3 is 0 Å². The van der Waals surface area contributed by atoms with Crippen LogP contribution in [-0.4, -0.2) is 43.6 Å². The summed E-state index contributed by atoms with van der Waals surface area (Å²) in [5, 5.41) is 3.68. The van der Waals surface area contributed by atoms with Crippen LogP contribution in [0.2, 0.25) is 5.02 Å². The number of nitrogens with one attached hydrogen (secondary N) is 1. The van der Waals surface area contributed by atoms with Gasteiger partial charge < -0.3 is 15.0 Å². The van der Waals surface area contributed by atoms with Crippen LogP contribution in [0.5, 0.6) is 5.75 Å². The van der Waals surface area contributed by atoms with Gasteiger partial charge in [0.15, 0.2) is 6.10 Å². The van der Waals surface area contributed by atoms with Crippen molar-refractivity contribution in [2.24, 2.45) is 5.92 Å². The fraction of sp³-hybridized carbons (Fsp3) is 0.611. The van der Waals surface area contributed by atoms with Crippen molar-refractivity contribution < 1.29 is 9.53 Å². The molecule has 0 saturated carbocycles. The van der Waals surface area contributed by atoms with E-state index in [-0.39, 0.29) is 5.91 Å². The molecule has 2 rings (SSSR count). The normalized spacial score (nSPS) is 17.7.